The molecule has 7 nitrogen and oxygen atoms in total. The Hall–Kier alpha value is -3.29. The lowest BCUT2D eigenvalue weighted by Gasteiger charge is -2.29. The molecule has 0 unspecified atom stereocenters. The van der Waals surface area contributed by atoms with E-state index >= 15 is 0 Å². The van der Waals surface area contributed by atoms with Crippen LogP contribution in [0.2, 0.25) is 0 Å². The first-order valence-electron chi connectivity index (χ1n) is 11.2. The smallest absolute Gasteiger partial charge is 0.132 e. The SMILES string of the molecule is c1cc(Nc2ccc(N3CCOCC3)cc2)cc(Nc2ccc(N3CCOCC3)cc2)n1. The van der Waals surface area contributed by atoms with Gasteiger partial charge in [-0.05, 0) is 54.6 Å². The van der Waals surface area contributed by atoms with Crippen LogP contribution in [0.5, 0.6) is 0 Å². The Morgan fingerprint density at radius 3 is 1.62 bits per heavy atom. The first kappa shape index (κ1) is 20.6. The van der Waals surface area contributed by atoms with E-state index in [4.69, 9.17) is 9.47 Å². The van der Waals surface area contributed by atoms with Gasteiger partial charge in [0, 0.05) is 66.9 Å². The van der Waals surface area contributed by atoms with E-state index in [1.807, 2.05) is 18.3 Å². The van der Waals surface area contributed by atoms with E-state index in [9.17, 15) is 0 Å². The van der Waals surface area contributed by atoms with Gasteiger partial charge in [-0.25, -0.2) is 4.98 Å². The highest BCUT2D eigenvalue weighted by Gasteiger charge is 2.12. The van der Waals surface area contributed by atoms with Crippen LogP contribution >= 0.6 is 0 Å². The van der Waals surface area contributed by atoms with Crippen LogP contribution in [0, 0.1) is 0 Å². The number of ether oxygens (including phenoxy) is 2. The van der Waals surface area contributed by atoms with Gasteiger partial charge in [-0.2, -0.15) is 0 Å². The third-order valence-electron chi connectivity index (χ3n) is 5.81. The Labute approximate surface area is 189 Å². The fraction of sp³-hybridized carbons (Fsp3) is 0.320. The van der Waals surface area contributed by atoms with Gasteiger partial charge in [-0.1, -0.05) is 0 Å². The molecular weight excluding hydrogens is 402 g/mol. The highest BCUT2D eigenvalue weighted by Crippen LogP contribution is 2.25. The van der Waals surface area contributed by atoms with Gasteiger partial charge < -0.3 is 29.9 Å². The molecule has 2 saturated heterocycles. The molecule has 0 bridgehead atoms. The van der Waals surface area contributed by atoms with Crippen molar-refractivity contribution in [3.05, 3.63) is 66.9 Å². The van der Waals surface area contributed by atoms with E-state index in [2.05, 4.69) is 73.9 Å². The number of benzene rings is 2. The van der Waals surface area contributed by atoms with E-state index in [-0.39, 0.29) is 0 Å². The zero-order chi connectivity index (χ0) is 21.6. The number of hydrogen-bond donors (Lipinski definition) is 2. The number of rotatable bonds is 6. The van der Waals surface area contributed by atoms with Gasteiger partial charge in [0.05, 0.1) is 26.4 Å². The minimum absolute atomic E-state index is 0.791. The van der Waals surface area contributed by atoms with Crippen molar-refractivity contribution in [2.45, 2.75) is 0 Å². The van der Waals surface area contributed by atoms with Crippen LogP contribution in [0.3, 0.4) is 0 Å². The Bertz CT molecular complexity index is 919. The highest BCUT2D eigenvalue weighted by atomic mass is 16.5. The molecule has 0 amide bonds. The lowest BCUT2D eigenvalue weighted by atomic mass is 10.2. The first-order valence-corrected chi connectivity index (χ1v) is 11.2. The van der Waals surface area contributed by atoms with E-state index in [1.54, 1.807) is 0 Å². The third-order valence-corrected chi connectivity index (χ3v) is 5.81. The van der Waals surface area contributed by atoms with Gasteiger partial charge in [0.2, 0.25) is 0 Å². The van der Waals surface area contributed by atoms with Crippen LogP contribution in [0.25, 0.3) is 0 Å². The molecule has 0 radical (unpaired) electrons. The van der Waals surface area contributed by atoms with Crippen molar-refractivity contribution in [3.63, 3.8) is 0 Å². The van der Waals surface area contributed by atoms with Crippen LogP contribution in [-0.4, -0.2) is 57.6 Å². The Morgan fingerprint density at radius 2 is 1.09 bits per heavy atom. The maximum atomic E-state index is 5.44. The number of hydrogen-bond acceptors (Lipinski definition) is 7. The van der Waals surface area contributed by atoms with Gasteiger partial charge in [0.1, 0.15) is 5.82 Å². The molecule has 2 fully saturated rings. The van der Waals surface area contributed by atoms with Crippen molar-refractivity contribution in [1.82, 2.24) is 4.98 Å². The second-order valence-electron chi connectivity index (χ2n) is 7.97. The molecule has 2 N–H and O–H groups in total. The van der Waals surface area contributed by atoms with Gasteiger partial charge >= 0.3 is 0 Å². The molecule has 2 aromatic carbocycles. The highest BCUT2D eigenvalue weighted by molar-refractivity contribution is 5.68. The third kappa shape index (κ3) is 5.12. The molecule has 166 valence electrons. The van der Waals surface area contributed by atoms with Crippen LogP contribution in [0.4, 0.5) is 34.3 Å². The topological polar surface area (TPSA) is 61.9 Å². The van der Waals surface area contributed by atoms with Crippen LogP contribution in [0.1, 0.15) is 0 Å². The van der Waals surface area contributed by atoms with Gasteiger partial charge in [0.15, 0.2) is 0 Å². The van der Waals surface area contributed by atoms with Crippen LogP contribution < -0.4 is 20.4 Å². The summed E-state index contributed by atoms with van der Waals surface area (Å²) in [7, 11) is 0. The second-order valence-corrected chi connectivity index (χ2v) is 7.97. The van der Waals surface area contributed by atoms with Gasteiger partial charge in [-0.3, -0.25) is 0 Å². The summed E-state index contributed by atoms with van der Waals surface area (Å²) in [6, 6.07) is 21.0. The molecule has 0 spiro atoms. The Balaban J connectivity index is 1.21. The minimum atomic E-state index is 0.791. The molecule has 3 aromatic rings. The fourth-order valence-corrected chi connectivity index (χ4v) is 4.05. The molecule has 3 heterocycles. The molecule has 0 atom stereocenters. The summed E-state index contributed by atoms with van der Waals surface area (Å²) >= 11 is 0. The number of nitrogens with zero attached hydrogens (tertiary/aromatic N) is 3. The molecule has 2 aliphatic heterocycles. The quantitative estimate of drug-likeness (QED) is 0.605. The van der Waals surface area contributed by atoms with Crippen LogP contribution in [-0.2, 0) is 9.47 Å². The maximum Gasteiger partial charge on any atom is 0.132 e. The lowest BCUT2D eigenvalue weighted by molar-refractivity contribution is 0.122. The van der Waals surface area contributed by atoms with Gasteiger partial charge in [0.25, 0.3) is 0 Å². The molecular formula is C25H29N5O2. The molecule has 1 aromatic heterocycles. The zero-order valence-corrected chi connectivity index (χ0v) is 18.2. The van der Waals surface area contributed by atoms with Gasteiger partial charge in [-0.15, -0.1) is 0 Å². The van der Waals surface area contributed by atoms with Crippen molar-refractivity contribution in [2.75, 3.05) is 73.0 Å². The molecule has 32 heavy (non-hydrogen) atoms. The van der Waals surface area contributed by atoms with E-state index in [0.29, 0.717) is 0 Å². The molecule has 0 aliphatic carbocycles. The van der Waals surface area contributed by atoms with E-state index in [0.717, 1.165) is 75.5 Å². The molecule has 5 rings (SSSR count). The Kier molecular flexibility index (Phi) is 6.37. The summed E-state index contributed by atoms with van der Waals surface area (Å²) in [5, 5.41) is 6.87. The summed E-state index contributed by atoms with van der Waals surface area (Å²) in [5.74, 6) is 0.805. The largest absolute Gasteiger partial charge is 0.378 e. The normalized spacial score (nSPS) is 16.6. The van der Waals surface area contributed by atoms with Crippen molar-refractivity contribution in [2.24, 2.45) is 0 Å². The predicted octanol–water partition coefficient (Wildman–Crippen LogP) is 4.24. The maximum absolute atomic E-state index is 5.44. The first-order chi connectivity index (χ1) is 15.8. The molecule has 2 aliphatic rings. The predicted molar refractivity (Wildman–Crippen MR) is 130 cm³/mol. The summed E-state index contributed by atoms with van der Waals surface area (Å²) in [4.78, 5) is 9.17. The minimum Gasteiger partial charge on any atom is -0.378 e. The average molecular weight is 432 g/mol. The summed E-state index contributed by atoms with van der Waals surface area (Å²) in [6.45, 7) is 6.94. The van der Waals surface area contributed by atoms with E-state index < -0.39 is 0 Å². The van der Waals surface area contributed by atoms with E-state index in [1.165, 1.54) is 11.4 Å². The standard InChI is InChI=1S/C25H29N5O2/c1-5-23(29-11-15-31-16-12-29)6-2-20(1)27-22-9-10-26-25(19-22)28-21-3-7-24(8-4-21)30-13-17-32-18-14-30/h1-10,19H,11-18H2,(H2,26,27,28). The Morgan fingerprint density at radius 1 is 0.594 bits per heavy atom. The lowest BCUT2D eigenvalue weighted by Crippen LogP contribution is -2.36. The number of aromatic nitrogens is 1. The van der Waals surface area contributed by atoms with Crippen molar-refractivity contribution >= 4 is 34.3 Å². The average Bonchev–Trinajstić information content (AvgIpc) is 2.86. The molecule has 0 saturated carbocycles. The number of anilines is 6. The number of pyridine rings is 1. The van der Waals surface area contributed by atoms with Crippen molar-refractivity contribution in [3.8, 4) is 0 Å². The second kappa shape index (κ2) is 9.89. The summed E-state index contributed by atoms with van der Waals surface area (Å²) in [5.41, 5.74) is 5.52. The molecule has 7 heteroatoms. The monoisotopic (exact) mass is 431 g/mol. The number of morpholine rings is 2. The number of nitrogens with one attached hydrogen (secondary N) is 2. The van der Waals surface area contributed by atoms with Crippen molar-refractivity contribution < 1.29 is 9.47 Å². The van der Waals surface area contributed by atoms with Crippen molar-refractivity contribution in [1.29, 1.82) is 0 Å². The zero-order valence-electron chi connectivity index (χ0n) is 18.2. The van der Waals surface area contributed by atoms with Crippen LogP contribution in [0.15, 0.2) is 66.9 Å². The summed E-state index contributed by atoms with van der Waals surface area (Å²) in [6.07, 6.45) is 1.81. The fourth-order valence-electron chi connectivity index (χ4n) is 4.05. The summed E-state index contributed by atoms with van der Waals surface area (Å²) < 4.78 is 10.9.